The van der Waals surface area contributed by atoms with E-state index in [2.05, 4.69) is 22.3 Å². The summed E-state index contributed by atoms with van der Waals surface area (Å²) in [7, 11) is 2.02. The third-order valence-corrected chi connectivity index (χ3v) is 3.30. The van der Waals surface area contributed by atoms with Crippen molar-refractivity contribution in [2.75, 3.05) is 32.4 Å². The van der Waals surface area contributed by atoms with Crippen LogP contribution in [0.1, 0.15) is 24.4 Å². The molecule has 88 valence electrons. The predicted octanol–water partition coefficient (Wildman–Crippen LogP) is 1.63. The number of rotatable bonds is 4. The monoisotopic (exact) mass is 219 g/mol. The highest BCUT2D eigenvalue weighted by molar-refractivity contribution is 5.41. The molecular weight excluding hydrogens is 198 g/mol. The molecule has 0 aromatic heterocycles. The SMILES string of the molecule is CN[C@@H](CN1CCCC1)c1cccc(N)c1. The maximum atomic E-state index is 5.82. The second kappa shape index (κ2) is 5.32. The van der Waals surface area contributed by atoms with Gasteiger partial charge in [-0.2, -0.15) is 0 Å². The molecule has 0 unspecified atom stereocenters. The third kappa shape index (κ3) is 2.74. The van der Waals surface area contributed by atoms with Crippen molar-refractivity contribution in [3.63, 3.8) is 0 Å². The van der Waals surface area contributed by atoms with Crippen LogP contribution in [0.4, 0.5) is 5.69 Å². The van der Waals surface area contributed by atoms with Gasteiger partial charge in [-0.05, 0) is 50.7 Å². The molecule has 1 atom stereocenters. The van der Waals surface area contributed by atoms with Gasteiger partial charge < -0.3 is 16.0 Å². The highest BCUT2D eigenvalue weighted by atomic mass is 15.2. The van der Waals surface area contributed by atoms with Crippen LogP contribution >= 0.6 is 0 Å². The summed E-state index contributed by atoms with van der Waals surface area (Å²) < 4.78 is 0. The summed E-state index contributed by atoms with van der Waals surface area (Å²) in [4.78, 5) is 2.52. The Morgan fingerprint density at radius 2 is 2.12 bits per heavy atom. The molecular formula is C13H21N3. The summed E-state index contributed by atoms with van der Waals surface area (Å²) in [5.74, 6) is 0. The normalized spacial score (nSPS) is 18.8. The van der Waals surface area contributed by atoms with E-state index in [-0.39, 0.29) is 0 Å². The third-order valence-electron chi connectivity index (χ3n) is 3.30. The van der Waals surface area contributed by atoms with Gasteiger partial charge in [0.1, 0.15) is 0 Å². The van der Waals surface area contributed by atoms with Gasteiger partial charge in [-0.1, -0.05) is 12.1 Å². The predicted molar refractivity (Wildman–Crippen MR) is 68.3 cm³/mol. The average molecular weight is 219 g/mol. The molecule has 3 nitrogen and oxygen atoms in total. The largest absolute Gasteiger partial charge is 0.399 e. The molecule has 0 saturated carbocycles. The molecule has 3 heteroatoms. The fourth-order valence-electron chi connectivity index (χ4n) is 2.36. The minimum absolute atomic E-state index is 0.390. The number of anilines is 1. The Kier molecular flexibility index (Phi) is 3.80. The zero-order chi connectivity index (χ0) is 11.4. The van der Waals surface area contributed by atoms with Gasteiger partial charge >= 0.3 is 0 Å². The Balaban J connectivity index is 2.03. The van der Waals surface area contributed by atoms with Crippen molar-refractivity contribution >= 4 is 5.69 Å². The van der Waals surface area contributed by atoms with Gasteiger partial charge in [0.25, 0.3) is 0 Å². The van der Waals surface area contributed by atoms with E-state index in [1.165, 1.54) is 31.5 Å². The van der Waals surface area contributed by atoms with Crippen LogP contribution in [0.25, 0.3) is 0 Å². The molecule has 1 heterocycles. The van der Waals surface area contributed by atoms with E-state index in [9.17, 15) is 0 Å². The molecule has 0 radical (unpaired) electrons. The van der Waals surface area contributed by atoms with E-state index in [4.69, 9.17) is 5.73 Å². The van der Waals surface area contributed by atoms with Gasteiger partial charge in [0, 0.05) is 18.3 Å². The summed E-state index contributed by atoms with van der Waals surface area (Å²) in [5, 5.41) is 3.38. The first-order valence-corrected chi connectivity index (χ1v) is 6.04. The minimum atomic E-state index is 0.390. The highest BCUT2D eigenvalue weighted by Gasteiger charge is 2.17. The van der Waals surface area contributed by atoms with Crippen LogP contribution in [0, 0.1) is 0 Å². The number of nitrogen functional groups attached to an aromatic ring is 1. The van der Waals surface area contributed by atoms with Crippen molar-refractivity contribution < 1.29 is 0 Å². The molecule has 1 saturated heterocycles. The Morgan fingerprint density at radius 1 is 1.38 bits per heavy atom. The van der Waals surface area contributed by atoms with E-state index in [1.54, 1.807) is 0 Å². The Bertz CT molecular complexity index is 332. The van der Waals surface area contributed by atoms with Gasteiger partial charge in [0.15, 0.2) is 0 Å². The van der Waals surface area contributed by atoms with Crippen LogP contribution in [-0.4, -0.2) is 31.6 Å². The van der Waals surface area contributed by atoms with Crippen molar-refractivity contribution in [3.8, 4) is 0 Å². The quantitative estimate of drug-likeness (QED) is 0.756. The number of hydrogen-bond acceptors (Lipinski definition) is 3. The zero-order valence-corrected chi connectivity index (χ0v) is 9.95. The lowest BCUT2D eigenvalue weighted by Crippen LogP contribution is -2.31. The summed E-state index contributed by atoms with van der Waals surface area (Å²) in [6.45, 7) is 3.56. The fraction of sp³-hybridized carbons (Fsp3) is 0.538. The van der Waals surface area contributed by atoms with Gasteiger partial charge in [-0.15, -0.1) is 0 Å². The van der Waals surface area contributed by atoms with Crippen molar-refractivity contribution in [3.05, 3.63) is 29.8 Å². The highest BCUT2D eigenvalue weighted by Crippen LogP contribution is 2.19. The summed E-state index contributed by atoms with van der Waals surface area (Å²) in [6.07, 6.45) is 2.68. The second-order valence-corrected chi connectivity index (χ2v) is 4.52. The Hall–Kier alpha value is -1.06. The lowest BCUT2D eigenvalue weighted by Gasteiger charge is -2.23. The molecule has 0 amide bonds. The first-order valence-electron chi connectivity index (χ1n) is 6.04. The molecule has 0 aliphatic carbocycles. The van der Waals surface area contributed by atoms with Crippen LogP contribution in [0.5, 0.6) is 0 Å². The molecule has 0 bridgehead atoms. The Morgan fingerprint density at radius 3 is 2.75 bits per heavy atom. The molecule has 2 rings (SSSR count). The smallest absolute Gasteiger partial charge is 0.0447 e. The maximum absolute atomic E-state index is 5.82. The molecule has 1 aliphatic heterocycles. The number of likely N-dealkylation sites (tertiary alicyclic amines) is 1. The van der Waals surface area contributed by atoms with Crippen LogP contribution in [0.15, 0.2) is 24.3 Å². The number of likely N-dealkylation sites (N-methyl/N-ethyl adjacent to an activating group) is 1. The van der Waals surface area contributed by atoms with E-state index in [0.29, 0.717) is 6.04 Å². The lowest BCUT2D eigenvalue weighted by atomic mass is 10.1. The lowest BCUT2D eigenvalue weighted by molar-refractivity contribution is 0.299. The molecule has 1 fully saturated rings. The zero-order valence-electron chi connectivity index (χ0n) is 9.95. The van der Waals surface area contributed by atoms with E-state index >= 15 is 0 Å². The van der Waals surface area contributed by atoms with Crippen LogP contribution in [0.3, 0.4) is 0 Å². The number of hydrogen-bond donors (Lipinski definition) is 2. The molecule has 3 N–H and O–H groups in total. The standard InChI is InChI=1S/C13H21N3/c1-15-13(10-16-7-2-3-8-16)11-5-4-6-12(14)9-11/h4-6,9,13,15H,2-3,7-8,10,14H2,1H3/t13-/m0/s1. The van der Waals surface area contributed by atoms with Gasteiger partial charge in [0.05, 0.1) is 0 Å². The summed E-state index contributed by atoms with van der Waals surface area (Å²) in [6, 6.07) is 8.57. The van der Waals surface area contributed by atoms with E-state index in [1.807, 2.05) is 19.2 Å². The fourth-order valence-corrected chi connectivity index (χ4v) is 2.36. The van der Waals surface area contributed by atoms with Crippen LogP contribution < -0.4 is 11.1 Å². The first-order chi connectivity index (χ1) is 7.79. The average Bonchev–Trinajstić information content (AvgIpc) is 2.78. The van der Waals surface area contributed by atoms with Crippen molar-refractivity contribution in [1.29, 1.82) is 0 Å². The van der Waals surface area contributed by atoms with E-state index < -0.39 is 0 Å². The van der Waals surface area contributed by atoms with E-state index in [0.717, 1.165) is 12.2 Å². The van der Waals surface area contributed by atoms with Crippen LogP contribution in [-0.2, 0) is 0 Å². The van der Waals surface area contributed by atoms with Gasteiger partial charge in [-0.3, -0.25) is 0 Å². The maximum Gasteiger partial charge on any atom is 0.0447 e. The summed E-state index contributed by atoms with van der Waals surface area (Å²) in [5.41, 5.74) is 7.95. The minimum Gasteiger partial charge on any atom is -0.399 e. The number of nitrogens with one attached hydrogen (secondary N) is 1. The molecule has 1 aliphatic rings. The number of nitrogens with two attached hydrogens (primary N) is 1. The Labute approximate surface area is 97.6 Å². The topological polar surface area (TPSA) is 41.3 Å². The van der Waals surface area contributed by atoms with Gasteiger partial charge in [0.2, 0.25) is 0 Å². The number of nitrogens with zero attached hydrogens (tertiary/aromatic N) is 1. The first kappa shape index (κ1) is 11.4. The molecule has 16 heavy (non-hydrogen) atoms. The molecule has 1 aromatic rings. The molecule has 0 spiro atoms. The number of benzene rings is 1. The van der Waals surface area contributed by atoms with Crippen LogP contribution in [0.2, 0.25) is 0 Å². The van der Waals surface area contributed by atoms with Crippen molar-refractivity contribution in [1.82, 2.24) is 10.2 Å². The second-order valence-electron chi connectivity index (χ2n) is 4.52. The van der Waals surface area contributed by atoms with Crippen molar-refractivity contribution in [2.45, 2.75) is 18.9 Å². The van der Waals surface area contributed by atoms with Gasteiger partial charge in [-0.25, -0.2) is 0 Å². The van der Waals surface area contributed by atoms with Crippen molar-refractivity contribution in [2.24, 2.45) is 0 Å². The summed E-state index contributed by atoms with van der Waals surface area (Å²) >= 11 is 0. The molecule has 1 aromatic carbocycles.